The van der Waals surface area contributed by atoms with E-state index in [0.29, 0.717) is 28.4 Å². The van der Waals surface area contributed by atoms with Gasteiger partial charge in [0.1, 0.15) is 26.9 Å². The highest BCUT2D eigenvalue weighted by Crippen LogP contribution is 2.48. The molecule has 0 aromatic heterocycles. The number of nitrogen functional groups attached to an aromatic ring is 3. The van der Waals surface area contributed by atoms with Gasteiger partial charge in [-0.15, -0.1) is 15.3 Å². The molecule has 0 amide bonds. The molecule has 52 heavy (non-hydrogen) atoms. The largest absolute Gasteiger partial charge is 0.505 e. The zero-order chi connectivity index (χ0) is 37.2. The van der Waals surface area contributed by atoms with E-state index in [2.05, 4.69) is 30.7 Å². The van der Waals surface area contributed by atoms with Gasteiger partial charge in [-0.25, -0.2) is 0 Å². The summed E-state index contributed by atoms with van der Waals surface area (Å²) in [4.78, 5) is -1.73. The molecule has 0 aliphatic carbocycles. The Labute approximate surface area is 296 Å². The molecule has 6 rings (SSSR count). The van der Waals surface area contributed by atoms with E-state index in [4.69, 9.17) is 17.2 Å². The first-order chi connectivity index (χ1) is 24.7. The molecule has 0 radical (unpaired) electrons. The molecule has 0 bridgehead atoms. The van der Waals surface area contributed by atoms with Crippen LogP contribution in [0.3, 0.4) is 0 Å². The Morgan fingerprint density at radius 1 is 0.519 bits per heavy atom. The second-order valence-corrected chi connectivity index (χ2v) is 13.9. The average Bonchev–Trinajstić information content (AvgIpc) is 3.10. The van der Waals surface area contributed by atoms with Gasteiger partial charge in [0, 0.05) is 5.69 Å². The normalized spacial score (nSPS) is 12.4. The Kier molecular flexibility index (Phi) is 9.46. The van der Waals surface area contributed by atoms with Crippen molar-refractivity contribution >= 4 is 82.2 Å². The summed E-state index contributed by atoms with van der Waals surface area (Å²) in [7, 11) is -10.1. The van der Waals surface area contributed by atoms with Crippen molar-refractivity contribution in [3.05, 3.63) is 109 Å². The highest BCUT2D eigenvalue weighted by atomic mass is 32.2. The van der Waals surface area contributed by atoms with E-state index in [-0.39, 0.29) is 16.5 Å². The van der Waals surface area contributed by atoms with Crippen LogP contribution in [0.4, 0.5) is 51.2 Å². The first-order valence-corrected chi connectivity index (χ1v) is 17.8. The maximum Gasteiger partial charge on any atom is 0.296 e. The van der Waals surface area contributed by atoms with Crippen LogP contribution in [0.5, 0.6) is 5.75 Å². The van der Waals surface area contributed by atoms with Crippen molar-refractivity contribution in [2.75, 3.05) is 17.2 Å². The molecule has 16 nitrogen and oxygen atoms in total. The predicted molar refractivity (Wildman–Crippen MR) is 196 cm³/mol. The topological polar surface area (TPSA) is 281 Å². The van der Waals surface area contributed by atoms with Crippen LogP contribution in [0.15, 0.2) is 150 Å². The molecule has 0 spiro atoms. The summed E-state index contributed by atoms with van der Waals surface area (Å²) in [5.41, 5.74) is 20.4. The molecule has 0 heterocycles. The number of phenolic OH excluding ortho intramolecular Hbond substituents is 1. The molecule has 6 aromatic carbocycles. The maximum atomic E-state index is 12.4. The number of rotatable bonds is 9. The summed E-state index contributed by atoms with van der Waals surface area (Å²) < 4.78 is 69.4. The van der Waals surface area contributed by atoms with E-state index in [1.807, 2.05) is 12.1 Å². The van der Waals surface area contributed by atoms with Crippen molar-refractivity contribution < 1.29 is 31.0 Å². The standard InChI is InChI=1S/C34H27N9O7S2/c35-22-10-15-27(26(36)18-22)41-38-24-11-6-19(7-12-24)20-8-13-25(14-9-20)40-42-32-28(51(45,46)47)16-21-17-29(52(48,49)50)33(34(44)30(21)31(32)37)43-39-23-4-2-1-3-5-23/h1-18,44H,35-37H2,(H,45,46,47)(H,48,49,50). The number of fused-ring (bicyclic) bond motifs is 1. The lowest BCUT2D eigenvalue weighted by molar-refractivity contribution is 0.472. The number of azo groups is 3. The molecule has 9 N–H and O–H groups in total. The molecule has 0 saturated heterocycles. The van der Waals surface area contributed by atoms with Crippen LogP contribution in [-0.4, -0.2) is 31.0 Å². The van der Waals surface area contributed by atoms with Gasteiger partial charge in [0.05, 0.1) is 33.8 Å². The Hall–Kier alpha value is -6.60. The molecular weight excluding hydrogens is 711 g/mol. The highest BCUT2D eigenvalue weighted by molar-refractivity contribution is 7.86. The number of anilines is 3. The molecule has 0 atom stereocenters. The van der Waals surface area contributed by atoms with Crippen LogP contribution in [0, 0.1) is 0 Å². The van der Waals surface area contributed by atoms with E-state index in [9.17, 15) is 31.0 Å². The summed E-state index contributed by atoms with van der Waals surface area (Å²) in [6.07, 6.45) is 0. The summed E-state index contributed by atoms with van der Waals surface area (Å²) in [6, 6.07) is 28.6. The Morgan fingerprint density at radius 2 is 1.00 bits per heavy atom. The quantitative estimate of drug-likeness (QED) is 0.0466. The van der Waals surface area contributed by atoms with Crippen molar-refractivity contribution in [3.63, 3.8) is 0 Å². The number of aromatic hydroxyl groups is 1. The summed E-state index contributed by atoms with van der Waals surface area (Å²) >= 11 is 0. The predicted octanol–water partition coefficient (Wildman–Crippen LogP) is 8.70. The Balaban J connectivity index is 1.33. The SMILES string of the molecule is Nc1ccc(N=Nc2ccc(-c3ccc(N=Nc4c(S(=O)(=O)O)cc5cc(S(=O)(=O)O)c(N=Nc6ccccc6)c(O)c5c4N)cc3)cc2)c(N)c1. The van der Waals surface area contributed by atoms with Gasteiger partial charge in [-0.3, -0.25) is 9.11 Å². The van der Waals surface area contributed by atoms with Gasteiger partial charge in [-0.2, -0.15) is 32.2 Å². The van der Waals surface area contributed by atoms with Gasteiger partial charge < -0.3 is 22.3 Å². The van der Waals surface area contributed by atoms with Gasteiger partial charge in [0.25, 0.3) is 20.2 Å². The van der Waals surface area contributed by atoms with Gasteiger partial charge in [0.2, 0.25) is 0 Å². The fraction of sp³-hybridized carbons (Fsp3) is 0. The third-order valence-electron chi connectivity index (χ3n) is 7.55. The molecule has 0 aliphatic heterocycles. The lowest BCUT2D eigenvalue weighted by atomic mass is 10.0. The highest BCUT2D eigenvalue weighted by Gasteiger charge is 2.28. The monoisotopic (exact) mass is 737 g/mol. The minimum absolute atomic E-state index is 0.263. The van der Waals surface area contributed by atoms with Crippen molar-refractivity contribution in [1.29, 1.82) is 0 Å². The first-order valence-electron chi connectivity index (χ1n) is 14.9. The summed E-state index contributed by atoms with van der Waals surface area (Å²) in [5.74, 6) is -0.855. The van der Waals surface area contributed by atoms with Crippen molar-refractivity contribution in [3.8, 4) is 16.9 Å². The van der Waals surface area contributed by atoms with Crippen LogP contribution in [0.25, 0.3) is 21.9 Å². The molecule has 0 saturated carbocycles. The third kappa shape index (κ3) is 7.59. The fourth-order valence-corrected chi connectivity index (χ4v) is 6.36. The lowest BCUT2D eigenvalue weighted by Crippen LogP contribution is -2.03. The fourth-order valence-electron chi connectivity index (χ4n) is 5.03. The number of phenols is 1. The molecule has 6 aromatic rings. The van der Waals surface area contributed by atoms with Crippen LogP contribution in [0.2, 0.25) is 0 Å². The number of hydrogen-bond acceptors (Lipinski definition) is 14. The summed E-state index contributed by atoms with van der Waals surface area (Å²) in [5, 5.41) is 34.8. The number of hydrogen-bond donors (Lipinski definition) is 6. The Bertz CT molecular complexity index is 2650. The second-order valence-electron chi connectivity index (χ2n) is 11.1. The first kappa shape index (κ1) is 35.2. The lowest BCUT2D eigenvalue weighted by Gasteiger charge is -2.14. The van der Waals surface area contributed by atoms with E-state index in [1.165, 1.54) is 0 Å². The molecule has 0 unspecified atom stereocenters. The van der Waals surface area contributed by atoms with E-state index >= 15 is 0 Å². The van der Waals surface area contributed by atoms with Crippen LogP contribution in [-0.2, 0) is 20.2 Å². The van der Waals surface area contributed by atoms with Crippen LogP contribution >= 0.6 is 0 Å². The average molecular weight is 738 g/mol. The molecule has 262 valence electrons. The minimum atomic E-state index is -5.04. The van der Waals surface area contributed by atoms with Gasteiger partial charge in [-0.1, -0.05) is 42.5 Å². The number of nitrogens with two attached hydrogens (primary N) is 3. The minimum Gasteiger partial charge on any atom is -0.505 e. The molecule has 0 aliphatic rings. The maximum absolute atomic E-state index is 12.4. The molecule has 18 heteroatoms. The molecular formula is C34H27N9O7S2. The second kappa shape index (κ2) is 14.0. The van der Waals surface area contributed by atoms with Crippen LogP contribution < -0.4 is 17.2 Å². The van der Waals surface area contributed by atoms with E-state index in [1.54, 1.807) is 84.9 Å². The van der Waals surface area contributed by atoms with E-state index < -0.39 is 52.8 Å². The van der Waals surface area contributed by atoms with Gasteiger partial charge >= 0.3 is 0 Å². The number of nitrogens with zero attached hydrogens (tertiary/aromatic N) is 6. The third-order valence-corrected chi connectivity index (χ3v) is 9.28. The van der Waals surface area contributed by atoms with Gasteiger partial charge in [0.15, 0.2) is 5.75 Å². The number of benzene rings is 6. The van der Waals surface area contributed by atoms with Crippen molar-refractivity contribution in [1.82, 2.24) is 0 Å². The van der Waals surface area contributed by atoms with Gasteiger partial charge in [-0.05, 0) is 83.2 Å². The zero-order valence-electron chi connectivity index (χ0n) is 26.6. The zero-order valence-corrected chi connectivity index (χ0v) is 28.2. The van der Waals surface area contributed by atoms with Crippen molar-refractivity contribution in [2.24, 2.45) is 30.7 Å². The van der Waals surface area contributed by atoms with Crippen LogP contribution in [0.1, 0.15) is 0 Å². The molecule has 0 fully saturated rings. The summed E-state index contributed by atoms with van der Waals surface area (Å²) in [6.45, 7) is 0. The van der Waals surface area contributed by atoms with Crippen molar-refractivity contribution in [2.45, 2.75) is 9.79 Å². The van der Waals surface area contributed by atoms with E-state index in [0.717, 1.165) is 23.3 Å². The Morgan fingerprint density at radius 3 is 1.52 bits per heavy atom. The smallest absolute Gasteiger partial charge is 0.296 e.